The van der Waals surface area contributed by atoms with Crippen molar-refractivity contribution < 1.29 is 9.53 Å². The van der Waals surface area contributed by atoms with Crippen LogP contribution in [-0.4, -0.2) is 42.5 Å². The highest BCUT2D eigenvalue weighted by atomic mass is 127. The normalized spacial score (nSPS) is 12.1. The maximum absolute atomic E-state index is 11.7. The fourth-order valence-electron chi connectivity index (χ4n) is 2.78. The zero-order valence-electron chi connectivity index (χ0n) is 19.0. The van der Waals surface area contributed by atoms with Crippen molar-refractivity contribution in [2.75, 3.05) is 26.0 Å². The van der Waals surface area contributed by atoms with Crippen LogP contribution in [0.25, 0.3) is 0 Å². The largest absolute Gasteiger partial charge is 0.375 e. The van der Waals surface area contributed by atoms with E-state index in [0.717, 1.165) is 40.9 Å². The highest BCUT2D eigenvalue weighted by molar-refractivity contribution is 14.0. The van der Waals surface area contributed by atoms with Crippen molar-refractivity contribution in [3.63, 3.8) is 0 Å². The molecule has 2 rings (SSSR count). The van der Waals surface area contributed by atoms with E-state index in [-0.39, 0.29) is 36.0 Å². The monoisotopic (exact) mass is 559 g/mol. The average molecular weight is 560 g/mol. The van der Waals surface area contributed by atoms with Gasteiger partial charge in [0, 0.05) is 38.2 Å². The summed E-state index contributed by atoms with van der Waals surface area (Å²) in [6.45, 7) is 8.05. The Morgan fingerprint density at radius 3 is 2.61 bits per heavy atom. The standard InChI is InChI=1S/C22H33N5O2S.HI/c1-6-8-20(28)25-18-11-9-17(10-12-18)13-24-22(23-7-2)27(4)14-19-15-30-21(26-19)16(3)29-5;/h9-12,15-16H,6-8,13-14H2,1-5H3,(H,23,24)(H,25,28);1H. The Labute approximate surface area is 206 Å². The number of benzene rings is 1. The number of ether oxygens (including phenoxy) is 1. The molecule has 0 aliphatic rings. The first-order chi connectivity index (χ1) is 14.5. The van der Waals surface area contributed by atoms with Gasteiger partial charge in [0.1, 0.15) is 11.1 Å². The van der Waals surface area contributed by atoms with Crippen LogP contribution in [-0.2, 0) is 22.6 Å². The first-order valence-electron chi connectivity index (χ1n) is 10.3. The van der Waals surface area contributed by atoms with Crippen molar-refractivity contribution in [1.82, 2.24) is 15.2 Å². The average Bonchev–Trinajstić information content (AvgIpc) is 3.20. The number of nitrogens with zero attached hydrogens (tertiary/aromatic N) is 3. The quantitative estimate of drug-likeness (QED) is 0.248. The fraction of sp³-hybridized carbons (Fsp3) is 0.500. The van der Waals surface area contributed by atoms with Crippen molar-refractivity contribution in [2.24, 2.45) is 4.99 Å². The van der Waals surface area contributed by atoms with Gasteiger partial charge in [0.05, 0.1) is 18.8 Å². The third kappa shape index (κ3) is 9.12. The van der Waals surface area contributed by atoms with E-state index < -0.39 is 0 Å². The zero-order chi connectivity index (χ0) is 21.9. The van der Waals surface area contributed by atoms with Crippen LogP contribution in [0, 0.1) is 0 Å². The molecule has 1 heterocycles. The van der Waals surface area contributed by atoms with E-state index >= 15 is 0 Å². The Balaban J connectivity index is 0.00000480. The SMILES string of the molecule is CCCC(=O)Nc1ccc(CN=C(NCC)N(C)Cc2csc(C(C)OC)n2)cc1.I. The molecule has 7 nitrogen and oxygen atoms in total. The number of carbonyl (C=O) groups excluding carboxylic acids is 1. The molecule has 1 aromatic heterocycles. The molecule has 0 aliphatic heterocycles. The highest BCUT2D eigenvalue weighted by Crippen LogP contribution is 2.21. The molecule has 0 fully saturated rings. The summed E-state index contributed by atoms with van der Waals surface area (Å²) in [5, 5.41) is 9.29. The van der Waals surface area contributed by atoms with Gasteiger partial charge in [-0.25, -0.2) is 9.98 Å². The molecule has 0 saturated heterocycles. The van der Waals surface area contributed by atoms with Crippen LogP contribution in [0.2, 0.25) is 0 Å². The highest BCUT2D eigenvalue weighted by Gasteiger charge is 2.12. The van der Waals surface area contributed by atoms with Gasteiger partial charge in [0.2, 0.25) is 5.91 Å². The number of aromatic nitrogens is 1. The lowest BCUT2D eigenvalue weighted by Crippen LogP contribution is -2.38. The Morgan fingerprint density at radius 2 is 2.00 bits per heavy atom. The molecule has 9 heteroatoms. The number of amides is 1. The van der Waals surface area contributed by atoms with E-state index in [1.807, 2.05) is 45.2 Å². The van der Waals surface area contributed by atoms with Crippen molar-refractivity contribution in [3.05, 3.63) is 45.9 Å². The van der Waals surface area contributed by atoms with Crippen LogP contribution in [0.5, 0.6) is 0 Å². The molecule has 0 spiro atoms. The van der Waals surface area contributed by atoms with E-state index in [0.29, 0.717) is 19.5 Å². The number of guanidine groups is 1. The number of carbonyl (C=O) groups is 1. The molecule has 1 aromatic carbocycles. The minimum atomic E-state index is 0. The summed E-state index contributed by atoms with van der Waals surface area (Å²) < 4.78 is 5.34. The summed E-state index contributed by atoms with van der Waals surface area (Å²) in [6.07, 6.45) is 1.38. The summed E-state index contributed by atoms with van der Waals surface area (Å²) in [7, 11) is 3.70. The second-order valence-corrected chi connectivity index (χ2v) is 7.97. The molecule has 1 unspecified atom stereocenters. The number of halogens is 1. The number of rotatable bonds is 10. The van der Waals surface area contributed by atoms with Gasteiger partial charge in [0.25, 0.3) is 0 Å². The lowest BCUT2D eigenvalue weighted by Gasteiger charge is -2.21. The third-order valence-corrected chi connectivity index (χ3v) is 5.55. The van der Waals surface area contributed by atoms with Crippen LogP contribution in [0.1, 0.15) is 56.0 Å². The number of hydrogen-bond donors (Lipinski definition) is 2. The van der Waals surface area contributed by atoms with Gasteiger partial charge in [-0.2, -0.15) is 0 Å². The van der Waals surface area contributed by atoms with E-state index in [4.69, 9.17) is 9.73 Å². The smallest absolute Gasteiger partial charge is 0.224 e. The van der Waals surface area contributed by atoms with Gasteiger partial charge in [-0.05, 0) is 38.0 Å². The Kier molecular flexibility index (Phi) is 12.7. The van der Waals surface area contributed by atoms with Crippen molar-refractivity contribution in [2.45, 2.75) is 52.8 Å². The molecule has 2 aromatic rings. The minimum Gasteiger partial charge on any atom is -0.375 e. The fourth-order valence-corrected chi connectivity index (χ4v) is 3.62. The second-order valence-electron chi connectivity index (χ2n) is 7.08. The molecule has 0 bridgehead atoms. The second kappa shape index (κ2) is 14.4. The lowest BCUT2D eigenvalue weighted by atomic mass is 10.2. The molecular formula is C22H34IN5O2S. The molecule has 1 atom stereocenters. The number of thiazole rings is 1. The summed E-state index contributed by atoms with van der Waals surface area (Å²) in [6, 6.07) is 7.83. The van der Waals surface area contributed by atoms with E-state index in [2.05, 4.69) is 32.8 Å². The number of nitrogens with one attached hydrogen (secondary N) is 2. The van der Waals surface area contributed by atoms with Crippen LogP contribution in [0.3, 0.4) is 0 Å². The number of hydrogen-bond acceptors (Lipinski definition) is 5. The van der Waals surface area contributed by atoms with E-state index in [1.165, 1.54) is 0 Å². The number of methoxy groups -OCH3 is 1. The number of anilines is 1. The van der Waals surface area contributed by atoms with Crippen molar-refractivity contribution >= 4 is 52.9 Å². The molecule has 0 aliphatic carbocycles. The van der Waals surface area contributed by atoms with E-state index in [1.54, 1.807) is 18.4 Å². The predicted molar refractivity (Wildman–Crippen MR) is 139 cm³/mol. The van der Waals surface area contributed by atoms with Gasteiger partial charge >= 0.3 is 0 Å². The summed E-state index contributed by atoms with van der Waals surface area (Å²) in [5.74, 6) is 0.872. The van der Waals surface area contributed by atoms with Crippen molar-refractivity contribution in [3.8, 4) is 0 Å². The van der Waals surface area contributed by atoms with Gasteiger partial charge in [-0.3, -0.25) is 4.79 Å². The van der Waals surface area contributed by atoms with Crippen LogP contribution >= 0.6 is 35.3 Å². The summed E-state index contributed by atoms with van der Waals surface area (Å²) >= 11 is 1.61. The minimum absolute atomic E-state index is 0. The Hall–Kier alpha value is -1.72. The topological polar surface area (TPSA) is 78.9 Å². The summed E-state index contributed by atoms with van der Waals surface area (Å²) in [4.78, 5) is 23.2. The van der Waals surface area contributed by atoms with Crippen LogP contribution < -0.4 is 10.6 Å². The maximum Gasteiger partial charge on any atom is 0.224 e. The third-order valence-electron chi connectivity index (χ3n) is 4.49. The van der Waals surface area contributed by atoms with Crippen molar-refractivity contribution in [1.29, 1.82) is 0 Å². The van der Waals surface area contributed by atoms with Gasteiger partial charge < -0.3 is 20.3 Å². The lowest BCUT2D eigenvalue weighted by molar-refractivity contribution is -0.116. The van der Waals surface area contributed by atoms with Crippen LogP contribution in [0.4, 0.5) is 5.69 Å². The molecule has 172 valence electrons. The number of aliphatic imine (C=N–C) groups is 1. The predicted octanol–water partition coefficient (Wildman–Crippen LogP) is 4.80. The first-order valence-corrected chi connectivity index (χ1v) is 11.2. The van der Waals surface area contributed by atoms with Gasteiger partial charge in [0.15, 0.2) is 5.96 Å². The van der Waals surface area contributed by atoms with Gasteiger partial charge in [-0.1, -0.05) is 19.1 Å². The summed E-state index contributed by atoms with van der Waals surface area (Å²) in [5.41, 5.74) is 2.89. The maximum atomic E-state index is 11.7. The first kappa shape index (κ1) is 27.3. The molecular weight excluding hydrogens is 525 g/mol. The molecule has 1 amide bonds. The van der Waals surface area contributed by atoms with Gasteiger partial charge in [-0.15, -0.1) is 35.3 Å². The van der Waals surface area contributed by atoms with E-state index in [9.17, 15) is 4.79 Å². The Bertz CT molecular complexity index is 826. The molecule has 2 N–H and O–H groups in total. The Morgan fingerprint density at radius 1 is 1.29 bits per heavy atom. The molecule has 0 radical (unpaired) electrons. The molecule has 0 saturated carbocycles. The molecule has 31 heavy (non-hydrogen) atoms. The zero-order valence-corrected chi connectivity index (χ0v) is 22.1. The van der Waals surface area contributed by atoms with Crippen LogP contribution in [0.15, 0.2) is 34.6 Å².